The average Bonchev–Trinajstić information content (AvgIpc) is 3.30. The number of oxime groups is 1. The summed E-state index contributed by atoms with van der Waals surface area (Å²) in [6.07, 6.45) is 0. The molecule has 0 fully saturated rings. The zero-order valence-corrected chi connectivity index (χ0v) is 18.2. The van der Waals surface area contributed by atoms with Crippen LogP contribution in [0.3, 0.4) is 0 Å². The van der Waals surface area contributed by atoms with Gasteiger partial charge in [-0.15, -0.1) is 0 Å². The third-order valence-corrected chi connectivity index (χ3v) is 5.90. The van der Waals surface area contributed by atoms with Crippen LogP contribution in [0.4, 0.5) is 0 Å². The molecule has 0 radical (unpaired) electrons. The van der Waals surface area contributed by atoms with Crippen molar-refractivity contribution in [3.63, 3.8) is 0 Å². The number of rotatable bonds is 8. The minimum atomic E-state index is -1.19. The van der Waals surface area contributed by atoms with Crippen LogP contribution in [0.1, 0.15) is 16.7 Å². The summed E-state index contributed by atoms with van der Waals surface area (Å²) < 4.78 is 1.61. The number of carbonyl (C=O) groups is 1. The van der Waals surface area contributed by atoms with Crippen molar-refractivity contribution < 1.29 is 14.7 Å². The molecule has 0 atom stereocenters. The number of hydrazone groups is 1. The van der Waals surface area contributed by atoms with Gasteiger partial charge in [-0.2, -0.15) is 15.1 Å². The van der Waals surface area contributed by atoms with E-state index in [2.05, 4.69) is 52.1 Å². The number of hydrogen-bond donors (Lipinski definition) is 2. The van der Waals surface area contributed by atoms with Gasteiger partial charge < -0.3 is 9.94 Å². The van der Waals surface area contributed by atoms with Crippen LogP contribution in [0.5, 0.6) is 0 Å². The van der Waals surface area contributed by atoms with E-state index in [0.29, 0.717) is 11.5 Å². The number of carboxylic acid groups (broad SMARTS) is 1. The van der Waals surface area contributed by atoms with Gasteiger partial charge in [0.1, 0.15) is 18.4 Å². The van der Waals surface area contributed by atoms with Gasteiger partial charge in [0.15, 0.2) is 0 Å². The minimum Gasteiger partial charge on any atom is -0.476 e. The summed E-state index contributed by atoms with van der Waals surface area (Å²) in [4.78, 5) is 16.3. The molecule has 0 saturated carbocycles. The van der Waals surface area contributed by atoms with Crippen LogP contribution in [0.15, 0.2) is 101 Å². The van der Waals surface area contributed by atoms with Gasteiger partial charge in [0.05, 0.1) is 5.75 Å². The van der Waals surface area contributed by atoms with E-state index < -0.39 is 11.5 Å². The molecule has 3 aromatic carbocycles. The normalized spacial score (nSPS) is 14.2. The fraction of sp³-hybridized carbons (Fsp3) is 0.125. The summed E-state index contributed by atoms with van der Waals surface area (Å²) in [5, 5.41) is 17.6. The van der Waals surface area contributed by atoms with Crippen molar-refractivity contribution in [1.29, 1.82) is 0 Å². The topological polar surface area (TPSA) is 86.5 Å². The van der Waals surface area contributed by atoms with Crippen molar-refractivity contribution in [2.45, 2.75) is 5.54 Å². The standard InChI is InChI=1S/C24H22N4O3S/c1-31-26-22(23(29)30)21-17-32-28(25-21)27-24(18-11-5-2-6-12-18,19-13-7-3-8-14-19)20-15-9-4-10-16-20/h2-16,27H,17H2,1H3,(H,29,30). The lowest BCUT2D eigenvalue weighted by Crippen LogP contribution is -2.49. The van der Waals surface area contributed by atoms with Crippen molar-refractivity contribution in [2.75, 3.05) is 12.9 Å². The fourth-order valence-corrected chi connectivity index (χ4v) is 4.47. The van der Waals surface area contributed by atoms with E-state index >= 15 is 0 Å². The molecule has 0 saturated heterocycles. The van der Waals surface area contributed by atoms with Gasteiger partial charge in [-0.1, -0.05) is 96.2 Å². The Morgan fingerprint density at radius 3 is 1.84 bits per heavy atom. The van der Waals surface area contributed by atoms with Gasteiger partial charge >= 0.3 is 5.97 Å². The van der Waals surface area contributed by atoms with Crippen molar-refractivity contribution in [3.8, 4) is 0 Å². The summed E-state index contributed by atoms with van der Waals surface area (Å²) in [6, 6.07) is 30.3. The molecule has 7 nitrogen and oxygen atoms in total. The summed E-state index contributed by atoms with van der Waals surface area (Å²) in [5.74, 6) is -0.843. The molecule has 0 aliphatic carbocycles. The molecular weight excluding hydrogens is 424 g/mol. The number of nitrogens with zero attached hydrogens (tertiary/aromatic N) is 3. The maximum absolute atomic E-state index is 11.6. The lowest BCUT2D eigenvalue weighted by molar-refractivity contribution is -0.129. The Morgan fingerprint density at radius 1 is 0.969 bits per heavy atom. The van der Waals surface area contributed by atoms with Gasteiger partial charge in [-0.3, -0.25) is 0 Å². The van der Waals surface area contributed by atoms with Crippen LogP contribution in [0.25, 0.3) is 0 Å². The Hall–Kier alpha value is -3.62. The van der Waals surface area contributed by atoms with Crippen molar-refractivity contribution >= 4 is 29.3 Å². The number of aliphatic carboxylic acids is 1. The Labute approximate surface area is 190 Å². The van der Waals surface area contributed by atoms with Crippen LogP contribution in [0.2, 0.25) is 0 Å². The molecule has 162 valence electrons. The van der Waals surface area contributed by atoms with E-state index in [1.807, 2.05) is 54.6 Å². The molecule has 2 N–H and O–H groups in total. The molecule has 3 aromatic rings. The van der Waals surface area contributed by atoms with E-state index in [1.165, 1.54) is 19.1 Å². The maximum atomic E-state index is 11.6. The molecule has 0 aromatic heterocycles. The molecule has 1 aliphatic heterocycles. The molecule has 8 heteroatoms. The first-order chi connectivity index (χ1) is 15.6. The van der Waals surface area contributed by atoms with Crippen LogP contribution in [-0.4, -0.2) is 39.9 Å². The molecule has 32 heavy (non-hydrogen) atoms. The van der Waals surface area contributed by atoms with Gasteiger partial charge in [0.2, 0.25) is 5.71 Å². The Kier molecular flexibility index (Phi) is 6.53. The van der Waals surface area contributed by atoms with Gasteiger partial charge in [-0.25, -0.2) is 4.79 Å². The zero-order chi connectivity index (χ0) is 22.4. The third-order valence-electron chi connectivity index (χ3n) is 5.08. The van der Waals surface area contributed by atoms with Crippen molar-refractivity contribution in [1.82, 2.24) is 9.95 Å². The van der Waals surface area contributed by atoms with Crippen LogP contribution >= 0.6 is 11.9 Å². The van der Waals surface area contributed by atoms with Gasteiger partial charge in [0.25, 0.3) is 0 Å². The average molecular weight is 447 g/mol. The maximum Gasteiger partial charge on any atom is 0.359 e. The number of benzene rings is 3. The molecular formula is C24H22N4O3S. The second-order valence-corrected chi connectivity index (χ2v) is 7.87. The van der Waals surface area contributed by atoms with Crippen LogP contribution < -0.4 is 5.43 Å². The van der Waals surface area contributed by atoms with Crippen molar-refractivity contribution in [3.05, 3.63) is 108 Å². The SMILES string of the molecule is CON=C(C(=O)O)C1=NN(NC(c2ccccc2)(c2ccccc2)c2ccccc2)SC1. The Balaban J connectivity index is 1.84. The van der Waals surface area contributed by atoms with E-state index in [0.717, 1.165) is 16.7 Å². The number of hydrogen-bond acceptors (Lipinski definition) is 7. The largest absolute Gasteiger partial charge is 0.476 e. The monoisotopic (exact) mass is 446 g/mol. The summed E-state index contributed by atoms with van der Waals surface area (Å²) in [7, 11) is 1.31. The first-order valence-electron chi connectivity index (χ1n) is 9.95. The van der Waals surface area contributed by atoms with Gasteiger partial charge in [-0.05, 0) is 28.6 Å². The van der Waals surface area contributed by atoms with E-state index in [4.69, 9.17) is 4.84 Å². The summed E-state index contributed by atoms with van der Waals surface area (Å²) in [5.41, 5.74) is 5.96. The molecule has 0 amide bonds. The zero-order valence-electron chi connectivity index (χ0n) is 17.4. The predicted molar refractivity (Wildman–Crippen MR) is 126 cm³/mol. The summed E-state index contributed by atoms with van der Waals surface area (Å²) in [6.45, 7) is 0. The molecule has 4 rings (SSSR count). The quantitative estimate of drug-likeness (QED) is 0.236. The molecule has 0 bridgehead atoms. The number of hydrazine groups is 1. The Bertz CT molecular complexity index is 1030. The first kappa shape index (κ1) is 21.6. The molecule has 1 heterocycles. The summed E-state index contributed by atoms with van der Waals surface area (Å²) >= 11 is 1.35. The second-order valence-electron chi connectivity index (χ2n) is 6.98. The van der Waals surface area contributed by atoms with Gasteiger partial charge in [0, 0.05) is 0 Å². The lowest BCUT2D eigenvalue weighted by atomic mass is 9.77. The highest BCUT2D eigenvalue weighted by Gasteiger charge is 2.39. The number of nitrogens with one attached hydrogen (secondary N) is 1. The van der Waals surface area contributed by atoms with E-state index in [9.17, 15) is 9.90 Å². The predicted octanol–water partition coefficient (Wildman–Crippen LogP) is 3.89. The molecule has 1 aliphatic rings. The van der Waals surface area contributed by atoms with E-state index in [-0.39, 0.29) is 5.71 Å². The highest BCUT2D eigenvalue weighted by atomic mass is 32.2. The second kappa shape index (κ2) is 9.67. The molecule has 0 spiro atoms. The molecule has 0 unspecified atom stereocenters. The fourth-order valence-electron chi connectivity index (χ4n) is 3.67. The first-order valence-corrected chi connectivity index (χ1v) is 10.9. The lowest BCUT2D eigenvalue weighted by Gasteiger charge is -2.38. The van der Waals surface area contributed by atoms with Crippen LogP contribution in [0, 0.1) is 0 Å². The van der Waals surface area contributed by atoms with E-state index in [1.54, 1.807) is 4.52 Å². The highest BCUT2D eigenvalue weighted by Crippen LogP contribution is 2.38. The highest BCUT2D eigenvalue weighted by molar-refractivity contribution is 7.98. The smallest absolute Gasteiger partial charge is 0.359 e. The minimum absolute atomic E-state index is 0.214. The van der Waals surface area contributed by atoms with Crippen molar-refractivity contribution in [2.24, 2.45) is 10.3 Å². The number of carboxylic acids is 1. The Morgan fingerprint density at radius 2 is 1.44 bits per heavy atom. The van der Waals surface area contributed by atoms with Crippen LogP contribution in [-0.2, 0) is 15.2 Å². The third kappa shape index (κ3) is 4.23.